The Bertz CT molecular complexity index is 1150. The van der Waals surface area contributed by atoms with E-state index in [0.717, 1.165) is 38.5 Å². The minimum atomic E-state index is -4.60. The van der Waals surface area contributed by atoms with Gasteiger partial charge in [0.1, 0.15) is 36.8 Å². The summed E-state index contributed by atoms with van der Waals surface area (Å²) in [5.41, 5.74) is 0. The molecule has 0 radical (unpaired) electrons. The predicted octanol–water partition coefficient (Wildman–Crippen LogP) is 9.84. The first-order chi connectivity index (χ1) is 28.5. The Kier molecular flexibility index (Phi) is 34.7. The minimum absolute atomic E-state index is 0.168. The molecular formula is C46H86O12S. The van der Waals surface area contributed by atoms with E-state index >= 15 is 0 Å². The summed E-state index contributed by atoms with van der Waals surface area (Å²) in [6.07, 6.45) is 29.8. The van der Waals surface area contributed by atoms with E-state index in [4.69, 9.17) is 18.9 Å². The van der Waals surface area contributed by atoms with E-state index in [-0.39, 0.29) is 19.4 Å². The van der Waals surface area contributed by atoms with Gasteiger partial charge in [-0.3, -0.25) is 14.1 Å². The van der Waals surface area contributed by atoms with Gasteiger partial charge in [0.2, 0.25) is 0 Å². The summed E-state index contributed by atoms with van der Waals surface area (Å²) < 4.78 is 54.0. The van der Waals surface area contributed by atoms with E-state index in [9.17, 15) is 37.9 Å². The topological polar surface area (TPSA) is 186 Å². The molecule has 1 rings (SSSR count). The van der Waals surface area contributed by atoms with E-state index in [0.29, 0.717) is 12.8 Å². The molecule has 13 heteroatoms. The normalized spacial score (nSPS) is 20.3. The number of esters is 2. The molecule has 59 heavy (non-hydrogen) atoms. The summed E-state index contributed by atoms with van der Waals surface area (Å²) in [6, 6.07) is 0. The Balaban J connectivity index is 2.36. The fourth-order valence-corrected chi connectivity index (χ4v) is 8.07. The Hall–Kier alpha value is -1.61. The Morgan fingerprint density at radius 2 is 0.966 bits per heavy atom. The molecule has 0 saturated carbocycles. The highest BCUT2D eigenvalue weighted by atomic mass is 32.2. The molecular weight excluding hydrogens is 777 g/mol. The Morgan fingerprint density at radius 1 is 0.559 bits per heavy atom. The second-order valence-corrected chi connectivity index (χ2v) is 18.3. The number of hydrogen-bond acceptors (Lipinski definition) is 11. The van der Waals surface area contributed by atoms with E-state index < -0.39 is 71.2 Å². The van der Waals surface area contributed by atoms with Crippen molar-refractivity contribution in [2.45, 2.75) is 250 Å². The number of aliphatic hydroxyl groups excluding tert-OH is 3. The van der Waals surface area contributed by atoms with Crippen LogP contribution >= 0.6 is 0 Å². The fourth-order valence-electron chi connectivity index (χ4n) is 7.38. The maximum Gasteiger partial charge on any atom is 0.306 e. The van der Waals surface area contributed by atoms with Crippen LogP contribution in [0.1, 0.15) is 213 Å². The zero-order valence-electron chi connectivity index (χ0n) is 37.1. The third-order valence-corrected chi connectivity index (χ3v) is 11.8. The Labute approximate surface area is 358 Å². The molecule has 12 nitrogen and oxygen atoms in total. The second-order valence-electron chi connectivity index (χ2n) is 16.8. The third-order valence-electron chi connectivity index (χ3n) is 11.1. The quantitative estimate of drug-likeness (QED) is 0.0198. The summed E-state index contributed by atoms with van der Waals surface area (Å²) in [4.78, 5) is 25.4. The number of ether oxygens (including phenoxy) is 4. The van der Waals surface area contributed by atoms with Crippen molar-refractivity contribution >= 4 is 22.1 Å². The van der Waals surface area contributed by atoms with Gasteiger partial charge in [-0.05, 0) is 38.5 Å². The van der Waals surface area contributed by atoms with Gasteiger partial charge in [0.25, 0.3) is 10.1 Å². The first kappa shape index (κ1) is 55.4. The zero-order valence-corrected chi connectivity index (χ0v) is 37.9. The van der Waals surface area contributed by atoms with Gasteiger partial charge in [-0.1, -0.05) is 174 Å². The molecule has 1 aliphatic heterocycles. The molecule has 1 saturated heterocycles. The summed E-state index contributed by atoms with van der Waals surface area (Å²) in [5.74, 6) is -1.97. The lowest BCUT2D eigenvalue weighted by Crippen LogP contribution is -2.60. The maximum absolute atomic E-state index is 12.8. The van der Waals surface area contributed by atoms with Gasteiger partial charge in [-0.25, -0.2) is 0 Å². The highest BCUT2D eigenvalue weighted by Crippen LogP contribution is 2.24. The van der Waals surface area contributed by atoms with Crippen molar-refractivity contribution in [1.29, 1.82) is 0 Å². The summed E-state index contributed by atoms with van der Waals surface area (Å²) in [6.45, 7) is 3.75. The van der Waals surface area contributed by atoms with Crippen molar-refractivity contribution in [2.75, 3.05) is 19.0 Å². The maximum atomic E-state index is 12.8. The summed E-state index contributed by atoms with van der Waals surface area (Å²) >= 11 is 0. The lowest BCUT2D eigenvalue weighted by molar-refractivity contribution is -0.297. The molecule has 0 aromatic heterocycles. The van der Waals surface area contributed by atoms with Crippen LogP contribution in [0.15, 0.2) is 12.2 Å². The van der Waals surface area contributed by atoms with Crippen LogP contribution in [-0.2, 0) is 38.7 Å². The lowest BCUT2D eigenvalue weighted by Gasteiger charge is -2.40. The first-order valence-electron chi connectivity index (χ1n) is 23.7. The standard InChI is InChI=1S/C46H86O12S/c1-3-5-7-9-11-13-15-16-17-18-19-20-21-22-23-24-25-27-29-31-33-35-42(48)57-39(36-55-41(47)34-32-30-28-26-14-12-10-8-6-4-2)37-56-46-45(51)44(50)43(49)40(58-46)38-59(52,53)54/h16-17,39-40,43-46,49-51H,3-15,18-38H2,1-2H3,(H,52,53,54)/b17-16+/t39-,40-,43-,44?,45?,46+/m1/s1. The van der Waals surface area contributed by atoms with Crippen LogP contribution in [0.4, 0.5) is 0 Å². The van der Waals surface area contributed by atoms with Gasteiger partial charge in [0, 0.05) is 12.8 Å². The van der Waals surface area contributed by atoms with Crippen molar-refractivity contribution in [3.05, 3.63) is 12.2 Å². The van der Waals surface area contributed by atoms with Gasteiger partial charge >= 0.3 is 11.9 Å². The van der Waals surface area contributed by atoms with Gasteiger partial charge in [0.15, 0.2) is 12.4 Å². The van der Waals surface area contributed by atoms with Gasteiger partial charge in [0.05, 0.1) is 6.61 Å². The highest BCUT2D eigenvalue weighted by Gasteiger charge is 2.46. The molecule has 0 aromatic rings. The van der Waals surface area contributed by atoms with E-state index in [1.165, 1.54) is 135 Å². The molecule has 1 aliphatic rings. The average molecular weight is 863 g/mol. The van der Waals surface area contributed by atoms with Crippen molar-refractivity contribution in [3.8, 4) is 0 Å². The van der Waals surface area contributed by atoms with Crippen molar-refractivity contribution in [3.63, 3.8) is 0 Å². The fraction of sp³-hybridized carbons (Fsp3) is 0.913. The SMILES string of the molecule is CCCCCCCC/C=C/CCCCCCCCCCCCCC(=O)O[C@H](COC(=O)CCCCCCCCCCCC)CO[C@H]1O[C@H](CS(=O)(=O)O)[C@@H](O)C(O)C1O. The second kappa shape index (κ2) is 37.0. The smallest absolute Gasteiger partial charge is 0.306 e. The van der Waals surface area contributed by atoms with Crippen LogP contribution in [0, 0.1) is 0 Å². The van der Waals surface area contributed by atoms with Crippen LogP contribution in [0.25, 0.3) is 0 Å². The van der Waals surface area contributed by atoms with E-state index in [1.807, 2.05) is 0 Å². The molecule has 6 atom stereocenters. The highest BCUT2D eigenvalue weighted by molar-refractivity contribution is 7.85. The number of hydrogen-bond donors (Lipinski definition) is 4. The number of aliphatic hydroxyl groups is 3. The molecule has 1 fully saturated rings. The van der Waals surface area contributed by atoms with E-state index in [2.05, 4.69) is 26.0 Å². The summed E-state index contributed by atoms with van der Waals surface area (Å²) in [5, 5.41) is 30.9. The Morgan fingerprint density at radius 3 is 1.41 bits per heavy atom. The number of rotatable bonds is 40. The molecule has 4 N–H and O–H groups in total. The van der Waals surface area contributed by atoms with Crippen LogP contribution in [-0.4, -0.2) is 96.0 Å². The van der Waals surface area contributed by atoms with Crippen molar-refractivity contribution in [1.82, 2.24) is 0 Å². The van der Waals surface area contributed by atoms with Gasteiger partial charge in [-0.2, -0.15) is 8.42 Å². The number of carbonyl (C=O) groups is 2. The molecule has 0 amide bonds. The van der Waals surface area contributed by atoms with Crippen LogP contribution in [0.3, 0.4) is 0 Å². The third kappa shape index (κ3) is 31.8. The zero-order chi connectivity index (χ0) is 43.4. The molecule has 0 spiro atoms. The number of unbranched alkanes of at least 4 members (excludes halogenated alkanes) is 26. The van der Waals surface area contributed by atoms with Gasteiger partial charge < -0.3 is 34.3 Å². The van der Waals surface area contributed by atoms with Gasteiger partial charge in [-0.15, -0.1) is 0 Å². The monoisotopic (exact) mass is 863 g/mol. The minimum Gasteiger partial charge on any atom is -0.462 e. The number of allylic oxidation sites excluding steroid dienone is 2. The number of carbonyl (C=O) groups excluding carboxylic acids is 2. The molecule has 0 aromatic carbocycles. The predicted molar refractivity (Wildman–Crippen MR) is 234 cm³/mol. The molecule has 0 aliphatic carbocycles. The molecule has 348 valence electrons. The average Bonchev–Trinajstić information content (AvgIpc) is 3.20. The van der Waals surface area contributed by atoms with Crippen molar-refractivity contribution in [2.24, 2.45) is 0 Å². The van der Waals surface area contributed by atoms with Crippen molar-refractivity contribution < 1.29 is 56.8 Å². The van der Waals surface area contributed by atoms with Crippen LogP contribution in [0.2, 0.25) is 0 Å². The molecule has 2 unspecified atom stereocenters. The largest absolute Gasteiger partial charge is 0.462 e. The van der Waals surface area contributed by atoms with Crippen LogP contribution < -0.4 is 0 Å². The van der Waals surface area contributed by atoms with Crippen LogP contribution in [0.5, 0.6) is 0 Å². The lowest BCUT2D eigenvalue weighted by atomic mass is 10.00. The molecule has 1 heterocycles. The molecule has 0 bridgehead atoms. The first-order valence-corrected chi connectivity index (χ1v) is 25.4. The summed E-state index contributed by atoms with van der Waals surface area (Å²) in [7, 11) is -4.60. The van der Waals surface area contributed by atoms with E-state index in [1.54, 1.807) is 0 Å².